The molecule has 0 aliphatic rings. The Kier molecular flexibility index (Phi) is 3.17. The van der Waals surface area contributed by atoms with Gasteiger partial charge in [-0.1, -0.05) is 6.58 Å². The summed E-state index contributed by atoms with van der Waals surface area (Å²) in [6.45, 7) is 2.86. The maximum Gasteiger partial charge on any atom is 0.415 e. The van der Waals surface area contributed by atoms with E-state index in [-0.39, 0.29) is 0 Å². The van der Waals surface area contributed by atoms with Crippen LogP contribution in [0.1, 0.15) is 0 Å². The third-order valence-electron chi connectivity index (χ3n) is 0.938. The number of halogens is 3. The van der Waals surface area contributed by atoms with Gasteiger partial charge in [-0.2, -0.15) is 13.2 Å². The Bertz CT molecular complexity index is 167. The van der Waals surface area contributed by atoms with Crippen LogP contribution in [-0.4, -0.2) is 25.2 Å². The van der Waals surface area contributed by atoms with Crippen LogP contribution in [0.25, 0.3) is 0 Å². The van der Waals surface area contributed by atoms with Crippen LogP contribution in [0.2, 0.25) is 0 Å². The Hall–Kier alpha value is -0.930. The molecule has 0 N–H and O–H groups in total. The maximum absolute atomic E-state index is 11.7. The molecule has 0 aromatic carbocycles. The largest absolute Gasteiger partial charge is 0.415 e. The van der Waals surface area contributed by atoms with Gasteiger partial charge in [-0.25, -0.2) is 0 Å². The zero-order valence-electron chi connectivity index (χ0n) is 6.44. The normalized spacial score (nSPS) is 12.1. The number of hydrogen-bond acceptors (Lipinski definition) is 1. The van der Waals surface area contributed by atoms with Gasteiger partial charge in [0.25, 0.3) is 0 Å². The highest BCUT2D eigenvalue weighted by Gasteiger charge is 2.29. The summed E-state index contributed by atoms with van der Waals surface area (Å²) < 4.78 is 35.2. The lowest BCUT2D eigenvalue weighted by Crippen LogP contribution is -2.09. The lowest BCUT2D eigenvalue weighted by molar-refractivity contribution is -0.0878. The minimum atomic E-state index is -4.31. The van der Waals surface area contributed by atoms with Gasteiger partial charge in [0.05, 0.1) is 0 Å². The summed E-state index contributed by atoms with van der Waals surface area (Å²) in [6, 6.07) is 0. The third-order valence-corrected chi connectivity index (χ3v) is 0.938. The van der Waals surface area contributed by atoms with Crippen LogP contribution in [0, 0.1) is 0 Å². The number of rotatable bonds is 2. The molecule has 0 atom stereocenters. The molecule has 0 saturated heterocycles. The lowest BCUT2D eigenvalue weighted by atomic mass is 10.3. The predicted octanol–water partition coefficient (Wildman–Crippen LogP) is 2.18. The monoisotopic (exact) mass is 165 g/mol. The smallest absolute Gasteiger partial charge is 0.383 e. The van der Waals surface area contributed by atoms with Crippen LogP contribution < -0.4 is 0 Å². The van der Waals surface area contributed by atoms with Gasteiger partial charge in [0, 0.05) is 19.7 Å². The summed E-state index contributed by atoms with van der Waals surface area (Å²) in [5.74, 6) is 0. The first-order valence-corrected chi connectivity index (χ1v) is 2.95. The highest BCUT2D eigenvalue weighted by atomic mass is 19.4. The number of hydrogen-bond donors (Lipinski definition) is 0. The summed E-state index contributed by atoms with van der Waals surface area (Å²) in [6.07, 6.45) is -2.08. The van der Waals surface area contributed by atoms with Crippen LogP contribution in [0.4, 0.5) is 13.2 Å². The van der Waals surface area contributed by atoms with Crippen LogP contribution in [-0.2, 0) is 0 Å². The minimum absolute atomic E-state index is 0.841. The molecule has 0 amide bonds. The van der Waals surface area contributed by atoms with Crippen molar-refractivity contribution in [2.75, 3.05) is 14.1 Å². The van der Waals surface area contributed by atoms with Crippen molar-refractivity contribution in [2.24, 2.45) is 0 Å². The molecule has 0 spiro atoms. The Labute approximate surface area is 63.8 Å². The summed E-state index contributed by atoms with van der Waals surface area (Å²) in [7, 11) is 3.28. The predicted molar refractivity (Wildman–Crippen MR) is 38.0 cm³/mol. The molecule has 4 heteroatoms. The van der Waals surface area contributed by atoms with Crippen molar-refractivity contribution >= 4 is 0 Å². The Morgan fingerprint density at radius 2 is 1.82 bits per heavy atom. The van der Waals surface area contributed by atoms with Gasteiger partial charge in [0.15, 0.2) is 0 Å². The molecule has 0 heterocycles. The molecule has 0 saturated carbocycles. The summed E-state index contributed by atoms with van der Waals surface area (Å²) >= 11 is 0. The molecule has 11 heavy (non-hydrogen) atoms. The van der Waals surface area contributed by atoms with Crippen molar-refractivity contribution in [3.8, 4) is 0 Å². The molecular formula is C7H10F3N. The topological polar surface area (TPSA) is 3.24 Å². The maximum atomic E-state index is 11.7. The average Bonchev–Trinajstić information content (AvgIpc) is 1.80. The van der Waals surface area contributed by atoms with Crippen molar-refractivity contribution in [3.05, 3.63) is 24.4 Å². The SMILES string of the molecule is C=C(/C=C\N(C)C)C(F)(F)F. The highest BCUT2D eigenvalue weighted by Crippen LogP contribution is 2.24. The third kappa shape index (κ3) is 4.47. The fourth-order valence-electron chi connectivity index (χ4n) is 0.334. The van der Waals surface area contributed by atoms with Gasteiger partial charge in [-0.05, 0) is 12.3 Å². The second-order valence-electron chi connectivity index (χ2n) is 2.30. The second-order valence-corrected chi connectivity index (χ2v) is 2.30. The highest BCUT2D eigenvalue weighted by molar-refractivity contribution is 5.18. The fourth-order valence-corrected chi connectivity index (χ4v) is 0.334. The van der Waals surface area contributed by atoms with Gasteiger partial charge >= 0.3 is 6.18 Å². The van der Waals surface area contributed by atoms with E-state index < -0.39 is 11.7 Å². The van der Waals surface area contributed by atoms with Gasteiger partial charge in [0.1, 0.15) is 0 Å². The Balaban J connectivity index is 4.09. The van der Waals surface area contributed by atoms with E-state index in [1.807, 2.05) is 0 Å². The van der Waals surface area contributed by atoms with Crippen molar-refractivity contribution < 1.29 is 13.2 Å². The van der Waals surface area contributed by atoms with E-state index in [1.165, 1.54) is 11.1 Å². The van der Waals surface area contributed by atoms with Crippen LogP contribution in [0.3, 0.4) is 0 Å². The summed E-state index contributed by atoms with van der Waals surface area (Å²) in [5.41, 5.74) is -0.841. The molecule has 0 radical (unpaired) electrons. The number of alkyl halides is 3. The van der Waals surface area contributed by atoms with E-state index in [0.717, 1.165) is 6.08 Å². The van der Waals surface area contributed by atoms with E-state index in [2.05, 4.69) is 6.58 Å². The molecule has 0 fully saturated rings. The first-order valence-electron chi connectivity index (χ1n) is 2.95. The van der Waals surface area contributed by atoms with E-state index in [0.29, 0.717) is 0 Å². The molecule has 0 bridgehead atoms. The second kappa shape index (κ2) is 3.46. The molecule has 0 aliphatic heterocycles. The quantitative estimate of drug-likeness (QED) is 0.567. The molecule has 1 nitrogen and oxygen atoms in total. The van der Waals surface area contributed by atoms with E-state index in [9.17, 15) is 13.2 Å². The van der Waals surface area contributed by atoms with Crippen molar-refractivity contribution in [1.82, 2.24) is 4.90 Å². The number of allylic oxidation sites excluding steroid dienone is 2. The van der Waals surface area contributed by atoms with E-state index in [1.54, 1.807) is 14.1 Å². The van der Waals surface area contributed by atoms with Gasteiger partial charge in [-0.15, -0.1) is 0 Å². The van der Waals surface area contributed by atoms with Gasteiger partial charge < -0.3 is 4.90 Å². The molecular weight excluding hydrogens is 155 g/mol. The zero-order chi connectivity index (χ0) is 9.07. The molecule has 0 aromatic heterocycles. The van der Waals surface area contributed by atoms with E-state index >= 15 is 0 Å². The zero-order valence-corrected chi connectivity index (χ0v) is 6.44. The lowest BCUT2D eigenvalue weighted by Gasteiger charge is -2.07. The summed E-state index contributed by atoms with van der Waals surface area (Å²) in [5, 5.41) is 0. The summed E-state index contributed by atoms with van der Waals surface area (Å²) in [4.78, 5) is 1.51. The molecule has 0 aliphatic carbocycles. The van der Waals surface area contributed by atoms with Crippen LogP contribution >= 0.6 is 0 Å². The van der Waals surface area contributed by atoms with Crippen molar-refractivity contribution in [3.63, 3.8) is 0 Å². The fraction of sp³-hybridized carbons (Fsp3) is 0.429. The molecule has 0 aromatic rings. The van der Waals surface area contributed by atoms with Gasteiger partial charge in [-0.3, -0.25) is 0 Å². The minimum Gasteiger partial charge on any atom is -0.383 e. The van der Waals surface area contributed by atoms with Crippen molar-refractivity contribution in [2.45, 2.75) is 6.18 Å². The molecule has 0 rings (SSSR count). The van der Waals surface area contributed by atoms with Crippen molar-refractivity contribution in [1.29, 1.82) is 0 Å². The first kappa shape index (κ1) is 10.1. The average molecular weight is 165 g/mol. The Morgan fingerprint density at radius 3 is 2.09 bits per heavy atom. The number of nitrogens with zero attached hydrogens (tertiary/aromatic N) is 1. The van der Waals surface area contributed by atoms with E-state index in [4.69, 9.17) is 0 Å². The molecule has 0 unspecified atom stereocenters. The van der Waals surface area contributed by atoms with Crippen LogP contribution in [0.5, 0.6) is 0 Å². The first-order chi connectivity index (χ1) is 4.84. The van der Waals surface area contributed by atoms with Crippen LogP contribution in [0.15, 0.2) is 24.4 Å². The standard InChI is InChI=1S/C7H10F3N/c1-6(7(8,9)10)4-5-11(2)3/h4-5H,1H2,2-3H3/b5-4-. The van der Waals surface area contributed by atoms with Gasteiger partial charge in [0.2, 0.25) is 0 Å². The Morgan fingerprint density at radius 1 is 1.36 bits per heavy atom. The molecule has 64 valence electrons.